The first-order valence-corrected chi connectivity index (χ1v) is 9.09. The van der Waals surface area contributed by atoms with E-state index in [4.69, 9.17) is 0 Å². The van der Waals surface area contributed by atoms with Crippen LogP contribution in [0.4, 0.5) is 5.82 Å². The van der Waals surface area contributed by atoms with E-state index in [9.17, 15) is 4.79 Å². The molecule has 0 unspecified atom stereocenters. The lowest BCUT2D eigenvalue weighted by molar-refractivity contribution is -0.130. The third kappa shape index (κ3) is 3.97. The Kier molecular flexibility index (Phi) is 4.82. The van der Waals surface area contributed by atoms with Gasteiger partial charge >= 0.3 is 0 Å². The zero-order valence-electron chi connectivity index (χ0n) is 15.3. The van der Waals surface area contributed by atoms with E-state index in [-0.39, 0.29) is 5.91 Å². The van der Waals surface area contributed by atoms with Crippen LogP contribution in [0.15, 0.2) is 55.1 Å². The summed E-state index contributed by atoms with van der Waals surface area (Å²) in [5, 5.41) is 8.59. The maximum absolute atomic E-state index is 12.5. The van der Waals surface area contributed by atoms with Gasteiger partial charge in [-0.15, -0.1) is 10.2 Å². The second-order valence-corrected chi connectivity index (χ2v) is 6.75. The Morgan fingerprint density at radius 1 is 0.963 bits per heavy atom. The molecular formula is C20H22N6O. The zero-order chi connectivity index (χ0) is 18.6. The van der Waals surface area contributed by atoms with Gasteiger partial charge in [-0.2, -0.15) is 0 Å². The van der Waals surface area contributed by atoms with Crippen LogP contribution < -0.4 is 4.90 Å². The largest absolute Gasteiger partial charge is 0.352 e. The molecule has 138 valence electrons. The van der Waals surface area contributed by atoms with E-state index >= 15 is 0 Å². The number of aryl methyl sites for hydroxylation is 1. The van der Waals surface area contributed by atoms with E-state index in [1.807, 2.05) is 52.1 Å². The van der Waals surface area contributed by atoms with Gasteiger partial charge in [-0.3, -0.25) is 9.36 Å². The molecule has 1 aliphatic rings. The Labute approximate surface area is 158 Å². The van der Waals surface area contributed by atoms with Crippen LogP contribution in [0.2, 0.25) is 0 Å². The van der Waals surface area contributed by atoms with Gasteiger partial charge in [0.05, 0.1) is 6.42 Å². The van der Waals surface area contributed by atoms with Crippen molar-refractivity contribution < 1.29 is 4.79 Å². The summed E-state index contributed by atoms with van der Waals surface area (Å²) in [5.41, 5.74) is 2.27. The van der Waals surface area contributed by atoms with Crippen molar-refractivity contribution in [1.82, 2.24) is 24.6 Å². The van der Waals surface area contributed by atoms with E-state index in [1.54, 1.807) is 12.5 Å². The number of hydrogen-bond donors (Lipinski definition) is 0. The van der Waals surface area contributed by atoms with Gasteiger partial charge in [0.2, 0.25) is 5.91 Å². The van der Waals surface area contributed by atoms with Gasteiger partial charge in [-0.1, -0.05) is 29.8 Å². The summed E-state index contributed by atoms with van der Waals surface area (Å²) in [7, 11) is 0. The average Bonchev–Trinajstić information content (AvgIpc) is 3.25. The second-order valence-electron chi connectivity index (χ2n) is 6.75. The molecule has 0 atom stereocenters. The van der Waals surface area contributed by atoms with Crippen molar-refractivity contribution in [2.24, 2.45) is 0 Å². The summed E-state index contributed by atoms with van der Waals surface area (Å²) in [4.78, 5) is 20.7. The lowest BCUT2D eigenvalue weighted by atomic mass is 10.1. The summed E-state index contributed by atoms with van der Waals surface area (Å²) < 4.78 is 1.82. The fourth-order valence-corrected chi connectivity index (χ4v) is 3.20. The van der Waals surface area contributed by atoms with Gasteiger partial charge in [0.15, 0.2) is 11.6 Å². The van der Waals surface area contributed by atoms with E-state index in [0.29, 0.717) is 19.5 Å². The Morgan fingerprint density at radius 2 is 1.67 bits per heavy atom. The number of carbonyl (C=O) groups is 1. The molecule has 1 aliphatic heterocycles. The van der Waals surface area contributed by atoms with Crippen molar-refractivity contribution in [3.63, 3.8) is 0 Å². The molecule has 0 saturated carbocycles. The molecule has 1 amide bonds. The monoisotopic (exact) mass is 362 g/mol. The molecule has 1 aromatic carbocycles. The Hall–Kier alpha value is -3.22. The summed E-state index contributed by atoms with van der Waals surface area (Å²) in [6, 6.07) is 12.0. The first-order valence-electron chi connectivity index (χ1n) is 9.09. The first-order chi connectivity index (χ1) is 13.2. The molecule has 0 spiro atoms. The standard InChI is InChI=1S/C20H22N6O/c1-16-2-4-17(5-3-16)14-20(27)25-12-10-24(11-13-25)18-6-7-19(23-22-18)26-9-8-21-15-26/h2-9,15H,10-14H2,1H3. The van der Waals surface area contributed by atoms with Crippen molar-refractivity contribution in [3.8, 4) is 5.82 Å². The Bertz CT molecular complexity index is 881. The molecule has 1 saturated heterocycles. The highest BCUT2D eigenvalue weighted by Gasteiger charge is 2.22. The van der Waals surface area contributed by atoms with E-state index in [0.717, 1.165) is 30.3 Å². The minimum absolute atomic E-state index is 0.181. The molecule has 27 heavy (non-hydrogen) atoms. The molecule has 0 bridgehead atoms. The van der Waals surface area contributed by atoms with Crippen LogP contribution in [0.25, 0.3) is 5.82 Å². The molecule has 4 rings (SSSR count). The zero-order valence-corrected chi connectivity index (χ0v) is 15.3. The molecule has 3 aromatic rings. The van der Waals surface area contributed by atoms with Crippen LogP contribution in [0.3, 0.4) is 0 Å². The predicted molar refractivity (Wildman–Crippen MR) is 103 cm³/mol. The van der Waals surface area contributed by atoms with Crippen LogP contribution in [-0.4, -0.2) is 56.7 Å². The van der Waals surface area contributed by atoms with Crippen molar-refractivity contribution in [1.29, 1.82) is 0 Å². The Morgan fingerprint density at radius 3 is 2.30 bits per heavy atom. The number of piperazine rings is 1. The van der Waals surface area contributed by atoms with Crippen molar-refractivity contribution in [2.75, 3.05) is 31.1 Å². The fourth-order valence-electron chi connectivity index (χ4n) is 3.20. The van der Waals surface area contributed by atoms with E-state index in [1.165, 1.54) is 5.56 Å². The number of aromatic nitrogens is 4. The molecule has 7 heteroatoms. The number of rotatable bonds is 4. The molecule has 0 aliphatic carbocycles. The van der Waals surface area contributed by atoms with Crippen LogP contribution in [0.5, 0.6) is 0 Å². The molecule has 7 nitrogen and oxygen atoms in total. The summed E-state index contributed by atoms with van der Waals surface area (Å²) in [6.45, 7) is 4.98. The molecule has 0 N–H and O–H groups in total. The van der Waals surface area contributed by atoms with Gasteiger partial charge in [-0.25, -0.2) is 4.98 Å². The van der Waals surface area contributed by atoms with Crippen molar-refractivity contribution >= 4 is 11.7 Å². The van der Waals surface area contributed by atoms with Gasteiger partial charge in [-0.05, 0) is 24.6 Å². The summed E-state index contributed by atoms with van der Waals surface area (Å²) in [6.07, 6.45) is 5.70. The maximum Gasteiger partial charge on any atom is 0.227 e. The molecule has 3 heterocycles. The number of benzene rings is 1. The fraction of sp³-hybridized carbons (Fsp3) is 0.300. The minimum atomic E-state index is 0.181. The van der Waals surface area contributed by atoms with Gasteiger partial charge in [0, 0.05) is 38.6 Å². The number of anilines is 1. The number of carbonyl (C=O) groups excluding carboxylic acids is 1. The highest BCUT2D eigenvalue weighted by atomic mass is 16.2. The van der Waals surface area contributed by atoms with Crippen LogP contribution in [0, 0.1) is 6.92 Å². The van der Waals surface area contributed by atoms with Crippen LogP contribution in [-0.2, 0) is 11.2 Å². The van der Waals surface area contributed by atoms with Crippen LogP contribution >= 0.6 is 0 Å². The lowest BCUT2D eigenvalue weighted by Crippen LogP contribution is -2.49. The van der Waals surface area contributed by atoms with E-state index < -0.39 is 0 Å². The smallest absolute Gasteiger partial charge is 0.227 e. The Balaban J connectivity index is 1.33. The summed E-state index contributed by atoms with van der Waals surface area (Å²) in [5.74, 6) is 1.76. The minimum Gasteiger partial charge on any atom is -0.352 e. The first kappa shape index (κ1) is 17.2. The SMILES string of the molecule is Cc1ccc(CC(=O)N2CCN(c3ccc(-n4ccnc4)nn3)CC2)cc1. The number of amides is 1. The van der Waals surface area contributed by atoms with Gasteiger partial charge in [0.25, 0.3) is 0 Å². The molecule has 1 fully saturated rings. The lowest BCUT2D eigenvalue weighted by Gasteiger charge is -2.35. The van der Waals surface area contributed by atoms with Crippen LogP contribution in [0.1, 0.15) is 11.1 Å². The number of nitrogens with zero attached hydrogens (tertiary/aromatic N) is 6. The molecular weight excluding hydrogens is 340 g/mol. The average molecular weight is 362 g/mol. The van der Waals surface area contributed by atoms with Gasteiger partial charge < -0.3 is 9.80 Å². The van der Waals surface area contributed by atoms with Crippen molar-refractivity contribution in [3.05, 3.63) is 66.2 Å². The second kappa shape index (κ2) is 7.57. The summed E-state index contributed by atoms with van der Waals surface area (Å²) >= 11 is 0. The van der Waals surface area contributed by atoms with Crippen molar-refractivity contribution in [2.45, 2.75) is 13.3 Å². The normalized spacial score (nSPS) is 14.4. The van der Waals surface area contributed by atoms with E-state index in [2.05, 4.69) is 27.0 Å². The molecule has 2 aromatic heterocycles. The quantitative estimate of drug-likeness (QED) is 0.709. The number of hydrogen-bond acceptors (Lipinski definition) is 5. The predicted octanol–water partition coefficient (Wildman–Crippen LogP) is 1.86. The highest BCUT2D eigenvalue weighted by molar-refractivity contribution is 5.79. The topological polar surface area (TPSA) is 67.2 Å². The highest BCUT2D eigenvalue weighted by Crippen LogP contribution is 2.15. The maximum atomic E-state index is 12.5. The number of imidazole rings is 1. The third-order valence-corrected chi connectivity index (χ3v) is 4.84. The van der Waals surface area contributed by atoms with Gasteiger partial charge in [0.1, 0.15) is 6.33 Å². The molecule has 0 radical (unpaired) electrons. The third-order valence-electron chi connectivity index (χ3n) is 4.84.